The number of rotatable bonds is 4. The molecular formula is C13H21BN2O2. The molecule has 0 aliphatic carbocycles. The van der Waals surface area contributed by atoms with E-state index in [-0.39, 0.29) is 0 Å². The number of nitrogens with one attached hydrogen (secondary N) is 1. The predicted octanol–water partition coefficient (Wildman–Crippen LogP) is 0.120. The molecule has 1 aromatic rings. The molecule has 5 heteroatoms. The molecule has 0 bridgehead atoms. The van der Waals surface area contributed by atoms with E-state index in [4.69, 9.17) is 10.0 Å². The van der Waals surface area contributed by atoms with Crippen molar-refractivity contribution in [3.8, 4) is 0 Å². The zero-order chi connectivity index (χ0) is 13.0. The summed E-state index contributed by atoms with van der Waals surface area (Å²) in [5, 5.41) is 21.6. The fourth-order valence-corrected chi connectivity index (χ4v) is 2.34. The Bertz CT molecular complexity index is 379. The van der Waals surface area contributed by atoms with Crippen LogP contribution in [0.3, 0.4) is 0 Å². The van der Waals surface area contributed by atoms with Crippen LogP contribution in [0.5, 0.6) is 0 Å². The normalized spacial score (nSPS) is 17.7. The molecule has 0 saturated carbocycles. The molecule has 0 aromatic heterocycles. The summed E-state index contributed by atoms with van der Waals surface area (Å²) in [4.78, 5) is 2.36. The molecule has 1 fully saturated rings. The Morgan fingerprint density at radius 3 is 2.72 bits per heavy atom. The van der Waals surface area contributed by atoms with E-state index < -0.39 is 7.12 Å². The minimum absolute atomic E-state index is 0.531. The maximum absolute atomic E-state index is 9.12. The van der Waals surface area contributed by atoms with Gasteiger partial charge in [-0.2, -0.15) is 0 Å². The third kappa shape index (κ3) is 3.73. The second-order valence-corrected chi connectivity index (χ2v) is 5.13. The summed E-state index contributed by atoms with van der Waals surface area (Å²) in [6, 6.07) is 7.30. The van der Waals surface area contributed by atoms with Gasteiger partial charge in [0.1, 0.15) is 0 Å². The van der Waals surface area contributed by atoms with Crippen molar-refractivity contribution >= 4 is 18.3 Å². The summed E-state index contributed by atoms with van der Waals surface area (Å²) in [6.45, 7) is 3.29. The van der Waals surface area contributed by atoms with Gasteiger partial charge in [-0.3, -0.25) is 0 Å². The van der Waals surface area contributed by atoms with Gasteiger partial charge in [0.15, 0.2) is 0 Å². The maximum Gasteiger partial charge on any atom is 0.488 e. The lowest BCUT2D eigenvalue weighted by Gasteiger charge is -2.29. The topological polar surface area (TPSA) is 55.7 Å². The van der Waals surface area contributed by atoms with Crippen LogP contribution in [0.1, 0.15) is 12.8 Å². The average Bonchev–Trinajstić information content (AvgIpc) is 2.38. The van der Waals surface area contributed by atoms with E-state index in [1.807, 2.05) is 12.1 Å². The molecular weight excluding hydrogens is 227 g/mol. The van der Waals surface area contributed by atoms with Crippen LogP contribution < -0.4 is 10.8 Å². The molecule has 0 spiro atoms. The van der Waals surface area contributed by atoms with Gasteiger partial charge in [0.2, 0.25) is 0 Å². The molecule has 1 aliphatic rings. The molecule has 4 nitrogen and oxygen atoms in total. The van der Waals surface area contributed by atoms with Gasteiger partial charge >= 0.3 is 7.12 Å². The first-order chi connectivity index (χ1) is 8.65. The summed E-state index contributed by atoms with van der Waals surface area (Å²) >= 11 is 0. The van der Waals surface area contributed by atoms with Crippen molar-refractivity contribution in [2.24, 2.45) is 5.92 Å². The van der Waals surface area contributed by atoms with Crippen molar-refractivity contribution in [1.82, 2.24) is 4.90 Å². The van der Waals surface area contributed by atoms with Crippen LogP contribution in [-0.4, -0.2) is 48.7 Å². The van der Waals surface area contributed by atoms with Crippen molar-refractivity contribution in [3.05, 3.63) is 24.3 Å². The predicted molar refractivity (Wildman–Crippen MR) is 75.0 cm³/mol. The standard InChI is InChI=1S/C13H21BN2O2/c1-16-7-5-11(6-8-16)10-15-13-4-2-3-12(9-13)14(17)18/h2-4,9,11,15,17-18H,5-8,10H2,1H3. The van der Waals surface area contributed by atoms with Crippen molar-refractivity contribution < 1.29 is 10.0 Å². The molecule has 1 saturated heterocycles. The number of hydrogen-bond acceptors (Lipinski definition) is 4. The Hall–Kier alpha value is -1.04. The zero-order valence-corrected chi connectivity index (χ0v) is 10.8. The molecule has 0 amide bonds. The number of hydrogen-bond donors (Lipinski definition) is 3. The van der Waals surface area contributed by atoms with E-state index in [9.17, 15) is 0 Å². The number of piperidine rings is 1. The molecule has 1 heterocycles. The van der Waals surface area contributed by atoms with Crippen molar-refractivity contribution in [3.63, 3.8) is 0 Å². The molecule has 2 rings (SSSR count). The van der Waals surface area contributed by atoms with Gasteiger partial charge < -0.3 is 20.3 Å². The lowest BCUT2D eigenvalue weighted by Crippen LogP contribution is -2.33. The van der Waals surface area contributed by atoms with E-state index in [2.05, 4.69) is 17.3 Å². The van der Waals surface area contributed by atoms with Crippen LogP contribution >= 0.6 is 0 Å². The highest BCUT2D eigenvalue weighted by Gasteiger charge is 2.16. The summed E-state index contributed by atoms with van der Waals surface area (Å²) in [7, 11) is 0.769. The highest BCUT2D eigenvalue weighted by Crippen LogP contribution is 2.16. The quantitative estimate of drug-likeness (QED) is 0.662. The highest BCUT2D eigenvalue weighted by atomic mass is 16.4. The minimum atomic E-state index is -1.39. The third-order valence-electron chi connectivity index (χ3n) is 3.62. The SMILES string of the molecule is CN1CCC(CNc2cccc(B(O)O)c2)CC1. The summed E-state index contributed by atoms with van der Waals surface area (Å²) in [5.41, 5.74) is 1.49. The molecule has 18 heavy (non-hydrogen) atoms. The number of benzene rings is 1. The van der Waals surface area contributed by atoms with E-state index in [1.165, 1.54) is 25.9 Å². The largest absolute Gasteiger partial charge is 0.488 e. The Labute approximate surface area is 109 Å². The van der Waals surface area contributed by atoms with Crippen LogP contribution in [0.25, 0.3) is 0 Å². The zero-order valence-electron chi connectivity index (χ0n) is 10.8. The van der Waals surface area contributed by atoms with Gasteiger partial charge in [-0.05, 0) is 56.5 Å². The monoisotopic (exact) mass is 248 g/mol. The third-order valence-corrected chi connectivity index (χ3v) is 3.62. The molecule has 0 unspecified atom stereocenters. The fourth-order valence-electron chi connectivity index (χ4n) is 2.34. The average molecular weight is 248 g/mol. The number of anilines is 1. The first kappa shape index (κ1) is 13.4. The first-order valence-corrected chi connectivity index (χ1v) is 6.53. The lowest BCUT2D eigenvalue weighted by atomic mass is 9.80. The van der Waals surface area contributed by atoms with Gasteiger partial charge in [-0.1, -0.05) is 12.1 Å². The summed E-state index contributed by atoms with van der Waals surface area (Å²) in [5.74, 6) is 0.712. The van der Waals surface area contributed by atoms with Gasteiger partial charge in [0.25, 0.3) is 0 Å². The fraction of sp³-hybridized carbons (Fsp3) is 0.538. The van der Waals surface area contributed by atoms with E-state index in [0.29, 0.717) is 11.4 Å². The lowest BCUT2D eigenvalue weighted by molar-refractivity contribution is 0.226. The van der Waals surface area contributed by atoms with Crippen molar-refractivity contribution in [2.75, 3.05) is 32.0 Å². The molecule has 0 atom stereocenters. The molecule has 0 radical (unpaired) electrons. The van der Waals surface area contributed by atoms with Crippen LogP contribution in [-0.2, 0) is 0 Å². The minimum Gasteiger partial charge on any atom is -0.423 e. The number of likely N-dealkylation sites (tertiary alicyclic amines) is 1. The Balaban J connectivity index is 1.84. The highest BCUT2D eigenvalue weighted by molar-refractivity contribution is 6.58. The van der Waals surface area contributed by atoms with Crippen LogP contribution in [0, 0.1) is 5.92 Å². The van der Waals surface area contributed by atoms with Gasteiger partial charge in [0, 0.05) is 12.2 Å². The van der Waals surface area contributed by atoms with Gasteiger partial charge in [-0.25, -0.2) is 0 Å². The van der Waals surface area contributed by atoms with Crippen LogP contribution in [0.4, 0.5) is 5.69 Å². The Morgan fingerprint density at radius 1 is 1.33 bits per heavy atom. The van der Waals surface area contributed by atoms with Crippen molar-refractivity contribution in [2.45, 2.75) is 12.8 Å². The van der Waals surface area contributed by atoms with E-state index in [0.717, 1.165) is 12.2 Å². The Kier molecular flexibility index (Phi) is 4.63. The van der Waals surface area contributed by atoms with Crippen LogP contribution in [0.2, 0.25) is 0 Å². The molecule has 1 aliphatic heterocycles. The van der Waals surface area contributed by atoms with E-state index >= 15 is 0 Å². The smallest absolute Gasteiger partial charge is 0.423 e. The van der Waals surface area contributed by atoms with Gasteiger partial charge in [-0.15, -0.1) is 0 Å². The van der Waals surface area contributed by atoms with Gasteiger partial charge in [0.05, 0.1) is 0 Å². The van der Waals surface area contributed by atoms with Crippen molar-refractivity contribution in [1.29, 1.82) is 0 Å². The Morgan fingerprint density at radius 2 is 2.06 bits per heavy atom. The maximum atomic E-state index is 9.12. The second kappa shape index (κ2) is 6.23. The van der Waals surface area contributed by atoms with E-state index in [1.54, 1.807) is 12.1 Å². The molecule has 98 valence electrons. The summed E-state index contributed by atoms with van der Waals surface area (Å²) in [6.07, 6.45) is 2.46. The summed E-state index contributed by atoms with van der Waals surface area (Å²) < 4.78 is 0. The van der Waals surface area contributed by atoms with Crippen LogP contribution in [0.15, 0.2) is 24.3 Å². The second-order valence-electron chi connectivity index (χ2n) is 5.13. The molecule has 1 aromatic carbocycles. The number of nitrogens with zero attached hydrogens (tertiary/aromatic N) is 1. The molecule has 3 N–H and O–H groups in total. The first-order valence-electron chi connectivity index (χ1n) is 6.53.